The zero-order valence-electron chi connectivity index (χ0n) is 11.9. The standard InChI is InChI=1S/C14H16ClF3N2O2/c1-8(19-13(21)9-3-2-6-22-7-9)10-4-5-11(14(16,17)18)20-12(10)15/h4-5,8-9H,2-3,6-7H2,1H3,(H,19,21). The number of ether oxygens (including phenoxy) is 1. The van der Waals surface area contributed by atoms with Gasteiger partial charge >= 0.3 is 6.18 Å². The van der Waals surface area contributed by atoms with Gasteiger partial charge in [0.05, 0.1) is 18.6 Å². The van der Waals surface area contributed by atoms with Gasteiger partial charge < -0.3 is 10.1 Å². The Bertz CT molecular complexity index is 545. The summed E-state index contributed by atoms with van der Waals surface area (Å²) in [7, 11) is 0. The Hall–Kier alpha value is -1.34. The summed E-state index contributed by atoms with van der Waals surface area (Å²) < 4.78 is 42.9. The maximum absolute atomic E-state index is 12.5. The summed E-state index contributed by atoms with van der Waals surface area (Å²) in [5.74, 6) is -0.430. The molecule has 1 aromatic rings. The van der Waals surface area contributed by atoms with E-state index in [1.54, 1.807) is 6.92 Å². The van der Waals surface area contributed by atoms with E-state index >= 15 is 0 Å². The number of pyridine rings is 1. The molecule has 0 aromatic carbocycles. The molecule has 0 saturated carbocycles. The molecule has 1 amide bonds. The van der Waals surface area contributed by atoms with E-state index in [-0.39, 0.29) is 17.0 Å². The maximum Gasteiger partial charge on any atom is 0.433 e. The average Bonchev–Trinajstić information content (AvgIpc) is 2.46. The first-order chi connectivity index (χ1) is 10.3. The van der Waals surface area contributed by atoms with E-state index in [4.69, 9.17) is 16.3 Å². The fourth-order valence-corrected chi connectivity index (χ4v) is 2.60. The molecule has 0 spiro atoms. The lowest BCUT2D eigenvalue weighted by Gasteiger charge is -2.24. The number of nitrogens with one attached hydrogen (secondary N) is 1. The Kier molecular flexibility index (Phi) is 5.28. The molecule has 122 valence electrons. The van der Waals surface area contributed by atoms with Crippen molar-refractivity contribution in [1.82, 2.24) is 10.3 Å². The number of carbonyl (C=O) groups is 1. The highest BCUT2D eigenvalue weighted by molar-refractivity contribution is 6.30. The molecule has 0 bridgehead atoms. The number of aromatic nitrogens is 1. The third-order valence-electron chi connectivity index (χ3n) is 3.52. The van der Waals surface area contributed by atoms with Gasteiger partial charge in [-0.05, 0) is 25.8 Å². The number of rotatable bonds is 3. The van der Waals surface area contributed by atoms with Gasteiger partial charge in [0.25, 0.3) is 0 Å². The van der Waals surface area contributed by atoms with Crippen molar-refractivity contribution in [3.63, 3.8) is 0 Å². The van der Waals surface area contributed by atoms with Crippen LogP contribution in [-0.4, -0.2) is 24.1 Å². The zero-order valence-corrected chi connectivity index (χ0v) is 12.7. The summed E-state index contributed by atoms with van der Waals surface area (Å²) >= 11 is 5.81. The number of halogens is 4. The van der Waals surface area contributed by atoms with Crippen LogP contribution in [0.15, 0.2) is 12.1 Å². The molecule has 2 unspecified atom stereocenters. The molecule has 0 aliphatic carbocycles. The van der Waals surface area contributed by atoms with Crippen LogP contribution in [0.4, 0.5) is 13.2 Å². The molecule has 8 heteroatoms. The number of amides is 1. The van der Waals surface area contributed by atoms with Crippen molar-refractivity contribution in [2.45, 2.75) is 32.0 Å². The van der Waals surface area contributed by atoms with Gasteiger partial charge in [0.1, 0.15) is 10.8 Å². The monoisotopic (exact) mass is 336 g/mol. The van der Waals surface area contributed by atoms with Crippen molar-refractivity contribution in [2.75, 3.05) is 13.2 Å². The van der Waals surface area contributed by atoms with Crippen LogP contribution in [0, 0.1) is 5.92 Å². The van der Waals surface area contributed by atoms with E-state index in [1.165, 1.54) is 6.07 Å². The smallest absolute Gasteiger partial charge is 0.381 e. The van der Waals surface area contributed by atoms with Gasteiger partial charge in [-0.1, -0.05) is 17.7 Å². The molecule has 1 aromatic heterocycles. The summed E-state index contributed by atoms with van der Waals surface area (Å²) in [4.78, 5) is 15.4. The summed E-state index contributed by atoms with van der Waals surface area (Å²) in [5, 5.41) is 2.48. The molecule has 4 nitrogen and oxygen atoms in total. The number of hydrogen-bond acceptors (Lipinski definition) is 3. The highest BCUT2D eigenvalue weighted by Crippen LogP contribution is 2.31. The minimum absolute atomic E-state index is 0.192. The maximum atomic E-state index is 12.5. The Balaban J connectivity index is 2.06. The fourth-order valence-electron chi connectivity index (χ4n) is 2.28. The SMILES string of the molecule is CC(NC(=O)C1CCCOC1)c1ccc(C(F)(F)F)nc1Cl. The molecule has 1 saturated heterocycles. The van der Waals surface area contributed by atoms with Gasteiger partial charge in [-0.2, -0.15) is 13.2 Å². The van der Waals surface area contributed by atoms with E-state index in [2.05, 4.69) is 10.3 Å². The normalized spacial score (nSPS) is 20.5. The first-order valence-electron chi connectivity index (χ1n) is 6.91. The highest BCUT2D eigenvalue weighted by atomic mass is 35.5. The van der Waals surface area contributed by atoms with Crippen LogP contribution in [0.2, 0.25) is 5.15 Å². The van der Waals surface area contributed by atoms with E-state index in [9.17, 15) is 18.0 Å². The van der Waals surface area contributed by atoms with Crippen molar-refractivity contribution in [1.29, 1.82) is 0 Å². The van der Waals surface area contributed by atoms with Gasteiger partial charge in [0.2, 0.25) is 5.91 Å². The quantitative estimate of drug-likeness (QED) is 0.861. The molecular weight excluding hydrogens is 321 g/mol. The van der Waals surface area contributed by atoms with Gasteiger partial charge in [-0.15, -0.1) is 0 Å². The molecule has 2 rings (SSSR count). The van der Waals surface area contributed by atoms with E-state index in [0.717, 1.165) is 18.9 Å². The van der Waals surface area contributed by atoms with Gasteiger partial charge in [-0.25, -0.2) is 4.98 Å². The van der Waals surface area contributed by atoms with Crippen molar-refractivity contribution in [3.8, 4) is 0 Å². The van der Waals surface area contributed by atoms with Crippen molar-refractivity contribution in [2.24, 2.45) is 5.92 Å². The fraction of sp³-hybridized carbons (Fsp3) is 0.571. The van der Waals surface area contributed by atoms with Crippen molar-refractivity contribution in [3.05, 3.63) is 28.5 Å². The van der Waals surface area contributed by atoms with Crippen molar-refractivity contribution >= 4 is 17.5 Å². The summed E-state index contributed by atoms with van der Waals surface area (Å²) in [6, 6.07) is 1.56. The minimum atomic E-state index is -4.55. The summed E-state index contributed by atoms with van der Waals surface area (Å²) in [6.07, 6.45) is -3.00. The molecule has 1 fully saturated rings. The lowest BCUT2D eigenvalue weighted by atomic mass is 10.0. The van der Waals surface area contributed by atoms with Gasteiger partial charge in [0, 0.05) is 12.2 Å². The second-order valence-corrected chi connectivity index (χ2v) is 5.58. The topological polar surface area (TPSA) is 51.2 Å². The van der Waals surface area contributed by atoms with E-state index < -0.39 is 17.9 Å². The number of carbonyl (C=O) groups excluding carboxylic acids is 1. The van der Waals surface area contributed by atoms with Crippen LogP contribution in [-0.2, 0) is 15.7 Å². The van der Waals surface area contributed by atoms with Crippen LogP contribution >= 0.6 is 11.6 Å². The molecule has 1 aliphatic rings. The lowest BCUT2D eigenvalue weighted by molar-refractivity contribution is -0.141. The minimum Gasteiger partial charge on any atom is -0.381 e. The number of hydrogen-bond donors (Lipinski definition) is 1. The Morgan fingerprint density at radius 3 is 2.77 bits per heavy atom. The zero-order chi connectivity index (χ0) is 16.3. The first kappa shape index (κ1) is 17.0. The predicted molar refractivity (Wildman–Crippen MR) is 74.3 cm³/mol. The Labute approximate surface area is 131 Å². The highest BCUT2D eigenvalue weighted by Gasteiger charge is 2.33. The second kappa shape index (κ2) is 6.83. The second-order valence-electron chi connectivity index (χ2n) is 5.22. The predicted octanol–water partition coefficient (Wildman–Crippen LogP) is 3.36. The van der Waals surface area contributed by atoms with Crippen LogP contribution < -0.4 is 5.32 Å². The van der Waals surface area contributed by atoms with Crippen LogP contribution in [0.5, 0.6) is 0 Å². The van der Waals surface area contributed by atoms with Gasteiger partial charge in [-0.3, -0.25) is 4.79 Å². The third-order valence-corrected chi connectivity index (χ3v) is 3.83. The molecule has 0 radical (unpaired) electrons. The Morgan fingerprint density at radius 2 is 2.23 bits per heavy atom. The Morgan fingerprint density at radius 1 is 1.50 bits per heavy atom. The van der Waals surface area contributed by atoms with E-state index in [0.29, 0.717) is 18.8 Å². The molecule has 1 aliphatic heterocycles. The number of alkyl halides is 3. The molecule has 2 atom stereocenters. The molecular formula is C14H16ClF3N2O2. The lowest BCUT2D eigenvalue weighted by Crippen LogP contribution is -2.37. The summed E-state index contributed by atoms with van der Waals surface area (Å²) in [5.41, 5.74) is -0.708. The van der Waals surface area contributed by atoms with Crippen LogP contribution in [0.1, 0.15) is 37.1 Å². The summed E-state index contributed by atoms with van der Waals surface area (Å²) in [6.45, 7) is 2.66. The van der Waals surface area contributed by atoms with Crippen LogP contribution in [0.3, 0.4) is 0 Å². The van der Waals surface area contributed by atoms with Gasteiger partial charge in [0.15, 0.2) is 0 Å². The first-order valence-corrected chi connectivity index (χ1v) is 7.28. The average molecular weight is 337 g/mol. The largest absolute Gasteiger partial charge is 0.433 e. The van der Waals surface area contributed by atoms with E-state index in [1.807, 2.05) is 0 Å². The molecule has 22 heavy (non-hydrogen) atoms. The third kappa shape index (κ3) is 4.10. The number of nitrogens with zero attached hydrogens (tertiary/aromatic N) is 1. The molecule has 1 N–H and O–H groups in total. The van der Waals surface area contributed by atoms with Crippen LogP contribution in [0.25, 0.3) is 0 Å². The molecule has 2 heterocycles. The van der Waals surface area contributed by atoms with Crippen molar-refractivity contribution < 1.29 is 22.7 Å².